The van der Waals surface area contributed by atoms with Gasteiger partial charge in [-0.2, -0.15) is 0 Å². The van der Waals surface area contributed by atoms with Gasteiger partial charge in [0.25, 0.3) is 0 Å². The summed E-state index contributed by atoms with van der Waals surface area (Å²) in [6.45, 7) is 5.76. The Morgan fingerprint density at radius 2 is 2.07 bits per heavy atom. The number of imidazole rings is 1. The Morgan fingerprint density at radius 1 is 1.26 bits per heavy atom. The molecule has 4 rings (SSSR count). The van der Waals surface area contributed by atoms with E-state index in [1.54, 1.807) is 12.5 Å². The molecule has 3 aromatic heterocycles. The van der Waals surface area contributed by atoms with Crippen LogP contribution in [0.4, 0.5) is 0 Å². The SMILES string of the molecule is Cc1noc(C)c1-c1ccnc(C2CCN(C(=O)Cn3ccnc3)CC2)c1. The number of aryl methyl sites for hydroxylation is 2. The minimum Gasteiger partial charge on any atom is -0.361 e. The number of likely N-dealkylation sites (tertiary alicyclic amines) is 1. The highest BCUT2D eigenvalue weighted by molar-refractivity contribution is 5.76. The molecule has 1 aliphatic rings. The number of amides is 1. The lowest BCUT2D eigenvalue weighted by Crippen LogP contribution is -2.39. The molecule has 0 N–H and O–H groups in total. The molecule has 0 radical (unpaired) electrons. The lowest BCUT2D eigenvalue weighted by atomic mass is 9.91. The van der Waals surface area contributed by atoms with Crippen LogP contribution >= 0.6 is 0 Å². The number of carbonyl (C=O) groups is 1. The fourth-order valence-electron chi connectivity index (χ4n) is 3.78. The Labute approximate surface area is 158 Å². The first-order valence-corrected chi connectivity index (χ1v) is 9.24. The summed E-state index contributed by atoms with van der Waals surface area (Å²) in [5, 5.41) is 4.05. The molecule has 0 atom stereocenters. The molecule has 4 heterocycles. The molecule has 0 spiro atoms. The van der Waals surface area contributed by atoms with Crippen molar-refractivity contribution in [2.24, 2.45) is 0 Å². The smallest absolute Gasteiger partial charge is 0.242 e. The van der Waals surface area contributed by atoms with Gasteiger partial charge < -0.3 is 14.0 Å². The van der Waals surface area contributed by atoms with Crippen LogP contribution in [0, 0.1) is 13.8 Å². The fraction of sp³-hybridized carbons (Fsp3) is 0.400. The van der Waals surface area contributed by atoms with Crippen LogP contribution in [0.1, 0.15) is 35.9 Å². The lowest BCUT2D eigenvalue weighted by Gasteiger charge is -2.32. The van der Waals surface area contributed by atoms with Crippen LogP contribution in [-0.4, -0.2) is 43.6 Å². The number of carbonyl (C=O) groups excluding carboxylic acids is 1. The molecule has 140 valence electrons. The van der Waals surface area contributed by atoms with Crippen LogP contribution in [-0.2, 0) is 11.3 Å². The first-order chi connectivity index (χ1) is 13.1. The van der Waals surface area contributed by atoms with Crippen LogP contribution in [0.25, 0.3) is 11.1 Å². The molecule has 27 heavy (non-hydrogen) atoms. The Morgan fingerprint density at radius 3 is 2.74 bits per heavy atom. The van der Waals surface area contributed by atoms with E-state index < -0.39 is 0 Å². The van der Waals surface area contributed by atoms with Crippen molar-refractivity contribution in [3.63, 3.8) is 0 Å². The normalized spacial score (nSPS) is 15.3. The number of pyridine rings is 1. The van der Waals surface area contributed by atoms with Crippen LogP contribution in [0.2, 0.25) is 0 Å². The van der Waals surface area contributed by atoms with Gasteiger partial charge in [0.15, 0.2) is 0 Å². The second-order valence-electron chi connectivity index (χ2n) is 7.06. The Bertz CT molecular complexity index is 904. The summed E-state index contributed by atoms with van der Waals surface area (Å²) >= 11 is 0. The summed E-state index contributed by atoms with van der Waals surface area (Å²) in [7, 11) is 0. The van der Waals surface area contributed by atoms with E-state index in [4.69, 9.17) is 4.52 Å². The summed E-state index contributed by atoms with van der Waals surface area (Å²) in [5.74, 6) is 1.33. The molecule has 7 heteroatoms. The predicted octanol–water partition coefficient (Wildman–Crippen LogP) is 2.96. The maximum atomic E-state index is 12.4. The first kappa shape index (κ1) is 17.5. The van der Waals surface area contributed by atoms with E-state index in [0.29, 0.717) is 12.5 Å². The maximum Gasteiger partial charge on any atom is 0.242 e. The molecule has 0 bridgehead atoms. The minimum atomic E-state index is 0.142. The Balaban J connectivity index is 1.43. The summed E-state index contributed by atoms with van der Waals surface area (Å²) < 4.78 is 7.11. The van der Waals surface area contributed by atoms with Crippen molar-refractivity contribution < 1.29 is 9.32 Å². The predicted molar refractivity (Wildman–Crippen MR) is 100.0 cm³/mol. The van der Waals surface area contributed by atoms with E-state index in [-0.39, 0.29) is 5.91 Å². The van der Waals surface area contributed by atoms with Crippen molar-refractivity contribution in [1.29, 1.82) is 0 Å². The van der Waals surface area contributed by atoms with Crippen LogP contribution in [0.15, 0.2) is 41.6 Å². The molecule has 0 unspecified atom stereocenters. The zero-order valence-electron chi connectivity index (χ0n) is 15.6. The summed E-state index contributed by atoms with van der Waals surface area (Å²) in [4.78, 5) is 23.0. The number of hydrogen-bond acceptors (Lipinski definition) is 5. The quantitative estimate of drug-likeness (QED) is 0.710. The molecular weight excluding hydrogens is 342 g/mol. The van der Waals surface area contributed by atoms with Gasteiger partial charge in [0, 0.05) is 48.9 Å². The van der Waals surface area contributed by atoms with Gasteiger partial charge in [0.1, 0.15) is 12.3 Å². The van der Waals surface area contributed by atoms with E-state index in [0.717, 1.165) is 54.2 Å². The molecule has 0 aliphatic carbocycles. The van der Waals surface area contributed by atoms with Crippen LogP contribution in [0.3, 0.4) is 0 Å². The third-order valence-electron chi connectivity index (χ3n) is 5.25. The maximum absolute atomic E-state index is 12.4. The molecule has 1 saturated heterocycles. The topological polar surface area (TPSA) is 77.0 Å². The lowest BCUT2D eigenvalue weighted by molar-refractivity contribution is -0.132. The molecule has 0 aromatic carbocycles. The standard InChI is InChI=1S/C20H23N5O2/c1-14-20(15(2)27-23-14)17-3-6-22-18(11-17)16-4-8-25(9-5-16)19(26)12-24-10-7-21-13-24/h3,6-7,10-11,13,16H,4-5,8-9,12H2,1-2H3. The van der Waals surface area contributed by atoms with Gasteiger partial charge in [0.2, 0.25) is 5.91 Å². The summed E-state index contributed by atoms with van der Waals surface area (Å²) in [5.41, 5.74) is 4.11. The van der Waals surface area contributed by atoms with Gasteiger partial charge >= 0.3 is 0 Å². The Hall–Kier alpha value is -2.96. The molecule has 0 saturated carbocycles. The highest BCUT2D eigenvalue weighted by Gasteiger charge is 2.25. The van der Waals surface area contributed by atoms with Gasteiger partial charge in [-0.05, 0) is 44.4 Å². The second-order valence-corrected chi connectivity index (χ2v) is 7.06. The van der Waals surface area contributed by atoms with Crippen LogP contribution < -0.4 is 0 Å². The van der Waals surface area contributed by atoms with E-state index in [1.165, 1.54) is 0 Å². The molecule has 1 amide bonds. The zero-order valence-corrected chi connectivity index (χ0v) is 15.6. The average Bonchev–Trinajstić information content (AvgIpc) is 3.31. The second kappa shape index (κ2) is 7.34. The van der Waals surface area contributed by atoms with E-state index >= 15 is 0 Å². The van der Waals surface area contributed by atoms with Crippen molar-refractivity contribution in [1.82, 2.24) is 24.6 Å². The Kier molecular flexibility index (Phi) is 4.75. The van der Waals surface area contributed by atoms with Crippen molar-refractivity contribution in [3.8, 4) is 11.1 Å². The number of piperidine rings is 1. The van der Waals surface area contributed by atoms with E-state index in [1.807, 2.05) is 41.8 Å². The van der Waals surface area contributed by atoms with Crippen molar-refractivity contribution in [2.75, 3.05) is 13.1 Å². The van der Waals surface area contributed by atoms with Crippen molar-refractivity contribution in [3.05, 3.63) is 54.2 Å². The average molecular weight is 365 g/mol. The molecular formula is C20H23N5O2. The highest BCUT2D eigenvalue weighted by Crippen LogP contribution is 2.32. The fourth-order valence-corrected chi connectivity index (χ4v) is 3.78. The minimum absolute atomic E-state index is 0.142. The van der Waals surface area contributed by atoms with Crippen LogP contribution in [0.5, 0.6) is 0 Å². The molecule has 3 aromatic rings. The number of hydrogen-bond donors (Lipinski definition) is 0. The highest BCUT2D eigenvalue weighted by atomic mass is 16.5. The number of rotatable bonds is 4. The van der Waals surface area contributed by atoms with Crippen molar-refractivity contribution in [2.45, 2.75) is 39.2 Å². The van der Waals surface area contributed by atoms with E-state index in [2.05, 4.69) is 21.2 Å². The van der Waals surface area contributed by atoms with Crippen molar-refractivity contribution >= 4 is 5.91 Å². The van der Waals surface area contributed by atoms with Gasteiger partial charge in [-0.1, -0.05) is 5.16 Å². The molecule has 7 nitrogen and oxygen atoms in total. The number of aromatic nitrogens is 4. The number of nitrogens with zero attached hydrogens (tertiary/aromatic N) is 5. The third kappa shape index (κ3) is 3.63. The third-order valence-corrected chi connectivity index (χ3v) is 5.25. The van der Waals surface area contributed by atoms with Gasteiger partial charge in [-0.3, -0.25) is 9.78 Å². The van der Waals surface area contributed by atoms with Gasteiger partial charge in [0.05, 0.1) is 12.0 Å². The molecule has 1 aliphatic heterocycles. The first-order valence-electron chi connectivity index (χ1n) is 9.24. The zero-order chi connectivity index (χ0) is 18.8. The van der Waals surface area contributed by atoms with Gasteiger partial charge in [-0.25, -0.2) is 4.98 Å². The summed E-state index contributed by atoms with van der Waals surface area (Å²) in [6.07, 6.45) is 8.88. The largest absolute Gasteiger partial charge is 0.361 e. The summed E-state index contributed by atoms with van der Waals surface area (Å²) in [6, 6.07) is 4.14. The molecule has 1 fully saturated rings. The monoisotopic (exact) mass is 365 g/mol. The van der Waals surface area contributed by atoms with E-state index in [9.17, 15) is 4.79 Å². The van der Waals surface area contributed by atoms with Gasteiger partial charge in [-0.15, -0.1) is 0 Å².